The molecule has 1 spiro atoms. The highest BCUT2D eigenvalue weighted by molar-refractivity contribution is 5.85. The van der Waals surface area contributed by atoms with Crippen LogP contribution in [0.4, 0.5) is 11.5 Å². The average Bonchev–Trinajstić information content (AvgIpc) is 3.04. The van der Waals surface area contributed by atoms with Crippen LogP contribution in [-0.4, -0.2) is 42.0 Å². The maximum Gasteiger partial charge on any atom is 0.230 e. The van der Waals surface area contributed by atoms with E-state index in [1.54, 1.807) is 6.20 Å². The van der Waals surface area contributed by atoms with E-state index < -0.39 is 0 Å². The zero-order valence-corrected chi connectivity index (χ0v) is 16.9. The Bertz CT molecular complexity index is 853. The van der Waals surface area contributed by atoms with Crippen LogP contribution in [0.5, 0.6) is 0 Å². The number of likely N-dealkylation sites (N-methyl/N-ethyl adjacent to an activating group) is 1. The summed E-state index contributed by atoms with van der Waals surface area (Å²) in [4.78, 5) is 22.0. The van der Waals surface area contributed by atoms with Crippen LogP contribution < -0.4 is 10.6 Å². The van der Waals surface area contributed by atoms with Gasteiger partial charge in [0.25, 0.3) is 0 Å². The summed E-state index contributed by atoms with van der Waals surface area (Å²) in [6.45, 7) is 7.56. The van der Waals surface area contributed by atoms with E-state index in [0.29, 0.717) is 0 Å². The number of anilines is 2. The number of nitrogens with two attached hydrogens (primary N) is 1. The number of rotatable bonds is 4. The van der Waals surface area contributed by atoms with Gasteiger partial charge in [-0.25, -0.2) is 4.98 Å². The van der Waals surface area contributed by atoms with Crippen LogP contribution in [0.1, 0.15) is 50.2 Å². The quantitative estimate of drug-likeness (QED) is 0.884. The van der Waals surface area contributed by atoms with Crippen LogP contribution in [0.3, 0.4) is 0 Å². The van der Waals surface area contributed by atoms with Gasteiger partial charge in [-0.15, -0.1) is 0 Å². The van der Waals surface area contributed by atoms with E-state index in [1.165, 1.54) is 11.1 Å². The molecule has 4 rings (SSSR count). The summed E-state index contributed by atoms with van der Waals surface area (Å²) in [6.07, 6.45) is 4.80. The Morgan fingerprint density at radius 1 is 1.21 bits per heavy atom. The number of benzene rings is 1. The minimum Gasteiger partial charge on any atom is -0.399 e. The molecule has 0 bridgehead atoms. The predicted octanol–water partition coefficient (Wildman–Crippen LogP) is 3.56. The van der Waals surface area contributed by atoms with E-state index in [4.69, 9.17) is 5.73 Å². The van der Waals surface area contributed by atoms with Crippen molar-refractivity contribution in [3.05, 3.63) is 53.7 Å². The lowest BCUT2D eigenvalue weighted by Crippen LogP contribution is -2.42. The van der Waals surface area contributed by atoms with Gasteiger partial charge in [-0.3, -0.25) is 4.79 Å². The lowest BCUT2D eigenvalue weighted by Gasteiger charge is -2.41. The standard InChI is InChI=1S/C23H30N4O/c1-3-26(4-2)22(28)19-16-23(20-8-6-5-7-18(19)20)10-13-27(14-11-23)21-15-17(24)9-12-25-21/h5-9,12,15,19H,3-4,10-11,13-14,16H2,1-2H3,(H2,24,25)/t19-/m0/s1. The van der Waals surface area contributed by atoms with Gasteiger partial charge in [-0.05, 0) is 50.3 Å². The minimum atomic E-state index is -0.00635. The monoisotopic (exact) mass is 378 g/mol. The molecule has 1 aliphatic carbocycles. The number of hydrogen-bond donors (Lipinski definition) is 1. The first-order chi connectivity index (χ1) is 13.6. The Hall–Kier alpha value is -2.56. The smallest absolute Gasteiger partial charge is 0.230 e. The Balaban J connectivity index is 1.58. The Kier molecular flexibility index (Phi) is 5.00. The van der Waals surface area contributed by atoms with Crippen molar-refractivity contribution >= 4 is 17.4 Å². The molecule has 148 valence electrons. The molecule has 0 radical (unpaired) electrons. The van der Waals surface area contributed by atoms with Crippen molar-refractivity contribution in [2.45, 2.75) is 44.4 Å². The molecule has 0 unspecified atom stereocenters. The lowest BCUT2D eigenvalue weighted by molar-refractivity contribution is -0.132. The van der Waals surface area contributed by atoms with Crippen molar-refractivity contribution in [3.8, 4) is 0 Å². The van der Waals surface area contributed by atoms with Crippen LogP contribution in [0.2, 0.25) is 0 Å². The third-order valence-electron chi connectivity index (χ3n) is 6.69. The van der Waals surface area contributed by atoms with Crippen molar-refractivity contribution in [3.63, 3.8) is 0 Å². The van der Waals surface area contributed by atoms with Gasteiger partial charge in [0.15, 0.2) is 0 Å². The van der Waals surface area contributed by atoms with Crippen molar-refractivity contribution in [2.75, 3.05) is 36.8 Å². The Morgan fingerprint density at radius 3 is 2.61 bits per heavy atom. The number of nitrogens with zero attached hydrogens (tertiary/aromatic N) is 3. The van der Waals surface area contributed by atoms with Gasteiger partial charge in [0.1, 0.15) is 5.82 Å². The fraction of sp³-hybridized carbons (Fsp3) is 0.478. The molecule has 2 heterocycles. The number of piperidine rings is 1. The first-order valence-electron chi connectivity index (χ1n) is 10.4. The van der Waals surface area contributed by atoms with Crippen LogP contribution in [0, 0.1) is 0 Å². The molecule has 2 N–H and O–H groups in total. The lowest BCUT2D eigenvalue weighted by atomic mass is 9.73. The molecule has 2 aliphatic rings. The molecule has 0 saturated carbocycles. The SMILES string of the molecule is CCN(CC)C(=O)[C@H]1CC2(CCN(c3cc(N)ccn3)CC2)c2ccccc21. The summed E-state index contributed by atoms with van der Waals surface area (Å²) in [5, 5.41) is 0. The van der Waals surface area contributed by atoms with Gasteiger partial charge in [-0.1, -0.05) is 24.3 Å². The van der Waals surface area contributed by atoms with Gasteiger partial charge < -0.3 is 15.5 Å². The third-order valence-corrected chi connectivity index (χ3v) is 6.69. The normalized spacial score (nSPS) is 20.2. The summed E-state index contributed by atoms with van der Waals surface area (Å²) in [6, 6.07) is 12.4. The summed E-state index contributed by atoms with van der Waals surface area (Å²) < 4.78 is 0. The maximum atomic E-state index is 13.2. The highest BCUT2D eigenvalue weighted by atomic mass is 16.2. The predicted molar refractivity (Wildman–Crippen MR) is 114 cm³/mol. The molecule has 1 aromatic carbocycles. The zero-order chi connectivity index (χ0) is 19.7. The molecule has 1 aliphatic heterocycles. The van der Waals surface area contributed by atoms with E-state index >= 15 is 0 Å². The topological polar surface area (TPSA) is 62.5 Å². The van der Waals surface area contributed by atoms with E-state index in [1.807, 2.05) is 17.0 Å². The molecule has 28 heavy (non-hydrogen) atoms. The van der Waals surface area contributed by atoms with Gasteiger partial charge in [0, 0.05) is 49.5 Å². The highest BCUT2D eigenvalue weighted by Gasteiger charge is 2.48. The number of amides is 1. The first kappa shape index (κ1) is 18.8. The average molecular weight is 379 g/mol. The highest BCUT2D eigenvalue weighted by Crippen LogP contribution is 2.52. The summed E-state index contributed by atoms with van der Waals surface area (Å²) in [5.74, 6) is 1.24. The van der Waals surface area contributed by atoms with E-state index in [9.17, 15) is 4.79 Å². The van der Waals surface area contributed by atoms with Gasteiger partial charge >= 0.3 is 0 Å². The van der Waals surface area contributed by atoms with Gasteiger partial charge in [0.05, 0.1) is 5.92 Å². The molecule has 1 amide bonds. The number of nitrogen functional groups attached to an aromatic ring is 1. The second-order valence-electron chi connectivity index (χ2n) is 8.07. The molecule has 1 saturated heterocycles. The maximum absolute atomic E-state index is 13.2. The Morgan fingerprint density at radius 2 is 1.93 bits per heavy atom. The van der Waals surface area contributed by atoms with Gasteiger partial charge in [-0.2, -0.15) is 0 Å². The van der Waals surface area contributed by atoms with Crippen LogP contribution in [0.15, 0.2) is 42.6 Å². The van der Waals surface area contributed by atoms with Crippen LogP contribution in [0.25, 0.3) is 0 Å². The second-order valence-corrected chi connectivity index (χ2v) is 8.07. The van der Waals surface area contributed by atoms with Gasteiger partial charge in [0.2, 0.25) is 5.91 Å². The van der Waals surface area contributed by atoms with Crippen molar-refractivity contribution < 1.29 is 4.79 Å². The summed E-state index contributed by atoms with van der Waals surface area (Å²) >= 11 is 0. The number of fused-ring (bicyclic) bond motifs is 2. The van der Waals surface area contributed by atoms with E-state index in [-0.39, 0.29) is 17.2 Å². The van der Waals surface area contributed by atoms with E-state index in [2.05, 4.69) is 48.0 Å². The van der Waals surface area contributed by atoms with Crippen LogP contribution >= 0.6 is 0 Å². The number of carbonyl (C=O) groups excluding carboxylic acids is 1. The number of aromatic nitrogens is 1. The summed E-state index contributed by atoms with van der Waals surface area (Å²) in [7, 11) is 0. The van der Waals surface area contributed by atoms with E-state index in [0.717, 1.165) is 56.9 Å². The fourth-order valence-corrected chi connectivity index (χ4v) is 5.11. The molecule has 1 fully saturated rings. The molecule has 2 aromatic rings. The zero-order valence-electron chi connectivity index (χ0n) is 16.9. The second kappa shape index (κ2) is 7.46. The Labute approximate surface area is 167 Å². The molecule has 1 atom stereocenters. The molecule has 5 nitrogen and oxygen atoms in total. The fourth-order valence-electron chi connectivity index (χ4n) is 5.11. The van der Waals surface area contributed by atoms with Crippen molar-refractivity contribution in [1.82, 2.24) is 9.88 Å². The third kappa shape index (κ3) is 3.13. The number of carbonyl (C=O) groups is 1. The molecular formula is C23H30N4O. The largest absolute Gasteiger partial charge is 0.399 e. The number of hydrogen-bond acceptors (Lipinski definition) is 4. The first-order valence-corrected chi connectivity index (χ1v) is 10.4. The van der Waals surface area contributed by atoms with Crippen molar-refractivity contribution in [1.29, 1.82) is 0 Å². The molecular weight excluding hydrogens is 348 g/mol. The van der Waals surface area contributed by atoms with Crippen LogP contribution in [-0.2, 0) is 10.2 Å². The number of pyridine rings is 1. The van der Waals surface area contributed by atoms with Crippen molar-refractivity contribution in [2.24, 2.45) is 0 Å². The summed E-state index contributed by atoms with van der Waals surface area (Å²) in [5.41, 5.74) is 9.43. The molecule has 1 aromatic heterocycles. The minimum absolute atomic E-state index is 0.00635. The molecule has 5 heteroatoms.